The van der Waals surface area contributed by atoms with Gasteiger partial charge in [0.2, 0.25) is 10.0 Å². The number of carbonyl (C=O) groups excluding carboxylic acids is 1. The van der Waals surface area contributed by atoms with Gasteiger partial charge in [-0.25, -0.2) is 8.42 Å². The Balaban J connectivity index is 1.72. The van der Waals surface area contributed by atoms with E-state index >= 15 is 0 Å². The Morgan fingerprint density at radius 1 is 1.05 bits per heavy atom. The molecule has 2 aliphatic rings. The van der Waals surface area contributed by atoms with E-state index in [1.807, 2.05) is 19.1 Å². The first-order chi connectivity index (χ1) is 9.41. The lowest BCUT2D eigenvalue weighted by Gasteiger charge is -2.51. The Labute approximate surface area is 119 Å². The molecule has 1 aromatic rings. The second-order valence-electron chi connectivity index (χ2n) is 6.12. The molecule has 20 heavy (non-hydrogen) atoms. The maximum Gasteiger partial charge on any atom is 0.243 e. The monoisotopic (exact) mass is 293 g/mol. The van der Waals surface area contributed by atoms with Crippen LogP contribution in [0.3, 0.4) is 0 Å². The zero-order chi connectivity index (χ0) is 14.4. The first kappa shape index (κ1) is 13.8. The molecule has 1 aliphatic carbocycles. The van der Waals surface area contributed by atoms with Gasteiger partial charge in [-0.1, -0.05) is 17.7 Å². The molecule has 3 rings (SSSR count). The van der Waals surface area contributed by atoms with Crippen LogP contribution in [0.5, 0.6) is 0 Å². The standard InChI is InChI=1S/C15H19NO3S/c1-12-2-4-14(5-3-12)20(18,19)16-10-15(11-16)8-6-13(17)7-9-15/h2-5H,6-11H2,1H3. The average molecular weight is 293 g/mol. The fourth-order valence-electron chi connectivity index (χ4n) is 3.11. The molecule has 1 saturated heterocycles. The van der Waals surface area contributed by atoms with Crippen LogP contribution in [0.2, 0.25) is 0 Å². The predicted octanol–water partition coefficient (Wildman–Crippen LogP) is 2.13. The van der Waals surface area contributed by atoms with Crippen molar-refractivity contribution in [3.8, 4) is 0 Å². The number of sulfonamides is 1. The molecule has 1 heterocycles. The van der Waals surface area contributed by atoms with Crippen LogP contribution in [0.15, 0.2) is 29.2 Å². The van der Waals surface area contributed by atoms with Crippen LogP contribution in [-0.4, -0.2) is 31.6 Å². The summed E-state index contributed by atoms with van der Waals surface area (Å²) in [5.41, 5.74) is 1.11. The lowest BCUT2D eigenvalue weighted by atomic mass is 9.69. The largest absolute Gasteiger partial charge is 0.300 e. The van der Waals surface area contributed by atoms with Crippen LogP contribution >= 0.6 is 0 Å². The topological polar surface area (TPSA) is 54.5 Å². The van der Waals surface area contributed by atoms with Crippen molar-refractivity contribution >= 4 is 15.8 Å². The molecule has 0 bridgehead atoms. The number of nitrogens with zero attached hydrogens (tertiary/aromatic N) is 1. The number of benzene rings is 1. The summed E-state index contributed by atoms with van der Waals surface area (Å²) in [6.07, 6.45) is 2.90. The molecule has 108 valence electrons. The highest BCUT2D eigenvalue weighted by atomic mass is 32.2. The lowest BCUT2D eigenvalue weighted by Crippen LogP contribution is -2.59. The van der Waals surface area contributed by atoms with Gasteiger partial charge in [-0.3, -0.25) is 4.79 Å². The normalized spacial score (nSPS) is 22.8. The first-order valence-corrected chi connectivity index (χ1v) is 8.44. The van der Waals surface area contributed by atoms with Gasteiger partial charge in [0.15, 0.2) is 0 Å². The van der Waals surface area contributed by atoms with Gasteiger partial charge in [0, 0.05) is 25.9 Å². The van der Waals surface area contributed by atoms with Gasteiger partial charge in [0.25, 0.3) is 0 Å². The zero-order valence-corrected chi connectivity index (χ0v) is 12.4. The van der Waals surface area contributed by atoms with Crippen LogP contribution < -0.4 is 0 Å². The molecule has 0 aromatic heterocycles. The number of Topliss-reactive ketones (excluding diaryl/α,β-unsaturated/α-hetero) is 1. The maximum absolute atomic E-state index is 12.5. The van der Waals surface area contributed by atoms with Gasteiger partial charge in [0.1, 0.15) is 5.78 Å². The minimum atomic E-state index is -3.36. The molecule has 1 aliphatic heterocycles. The quantitative estimate of drug-likeness (QED) is 0.839. The number of ketones is 1. The van der Waals surface area contributed by atoms with Crippen LogP contribution in [-0.2, 0) is 14.8 Å². The summed E-state index contributed by atoms with van der Waals surface area (Å²) in [6.45, 7) is 3.07. The predicted molar refractivity (Wildman–Crippen MR) is 75.8 cm³/mol. The van der Waals surface area contributed by atoms with E-state index in [0.29, 0.717) is 36.6 Å². The Morgan fingerprint density at radius 2 is 1.60 bits per heavy atom. The molecule has 0 radical (unpaired) electrons. The molecule has 4 nitrogen and oxygen atoms in total. The fourth-order valence-corrected chi connectivity index (χ4v) is 4.77. The summed E-state index contributed by atoms with van der Waals surface area (Å²) >= 11 is 0. The van der Waals surface area contributed by atoms with E-state index in [0.717, 1.165) is 18.4 Å². The summed E-state index contributed by atoms with van der Waals surface area (Å²) in [7, 11) is -3.36. The summed E-state index contributed by atoms with van der Waals surface area (Å²) in [4.78, 5) is 11.7. The van der Waals surface area contributed by atoms with Crippen molar-refractivity contribution in [2.75, 3.05) is 13.1 Å². The van der Waals surface area contributed by atoms with Crippen LogP contribution in [0.25, 0.3) is 0 Å². The summed E-state index contributed by atoms with van der Waals surface area (Å²) in [5.74, 6) is 0.315. The zero-order valence-electron chi connectivity index (χ0n) is 11.6. The van der Waals surface area contributed by atoms with Crippen molar-refractivity contribution in [3.63, 3.8) is 0 Å². The van der Waals surface area contributed by atoms with Gasteiger partial charge >= 0.3 is 0 Å². The van der Waals surface area contributed by atoms with E-state index in [-0.39, 0.29) is 5.41 Å². The highest BCUT2D eigenvalue weighted by Gasteiger charge is 2.49. The van der Waals surface area contributed by atoms with Crippen molar-refractivity contribution in [1.82, 2.24) is 4.31 Å². The highest BCUT2D eigenvalue weighted by molar-refractivity contribution is 7.89. The molecule has 2 fully saturated rings. The average Bonchev–Trinajstić information content (AvgIpc) is 2.37. The minimum absolute atomic E-state index is 0.0612. The van der Waals surface area contributed by atoms with Crippen molar-refractivity contribution in [3.05, 3.63) is 29.8 Å². The second-order valence-corrected chi connectivity index (χ2v) is 8.06. The SMILES string of the molecule is Cc1ccc(S(=O)(=O)N2CC3(CCC(=O)CC3)C2)cc1. The van der Waals surface area contributed by atoms with Gasteiger partial charge in [-0.05, 0) is 37.3 Å². The lowest BCUT2D eigenvalue weighted by molar-refractivity contribution is -0.124. The molecular weight excluding hydrogens is 274 g/mol. The molecule has 0 unspecified atom stereocenters. The number of aryl methyl sites for hydroxylation is 1. The number of rotatable bonds is 2. The Kier molecular flexibility index (Phi) is 3.21. The molecule has 1 aromatic carbocycles. The molecule has 5 heteroatoms. The van der Waals surface area contributed by atoms with Crippen molar-refractivity contribution in [1.29, 1.82) is 0 Å². The Morgan fingerprint density at radius 3 is 2.15 bits per heavy atom. The van der Waals surface area contributed by atoms with E-state index in [2.05, 4.69) is 0 Å². The van der Waals surface area contributed by atoms with E-state index < -0.39 is 10.0 Å². The number of hydrogen-bond acceptors (Lipinski definition) is 3. The third-order valence-corrected chi connectivity index (χ3v) is 6.36. The fraction of sp³-hybridized carbons (Fsp3) is 0.533. The Hall–Kier alpha value is -1.20. The van der Waals surface area contributed by atoms with Crippen LogP contribution in [0.1, 0.15) is 31.2 Å². The molecule has 1 saturated carbocycles. The van der Waals surface area contributed by atoms with E-state index in [9.17, 15) is 13.2 Å². The van der Waals surface area contributed by atoms with E-state index in [1.165, 1.54) is 0 Å². The summed E-state index contributed by atoms with van der Waals surface area (Å²) in [5, 5.41) is 0. The van der Waals surface area contributed by atoms with Gasteiger partial charge in [-0.2, -0.15) is 4.31 Å². The van der Waals surface area contributed by atoms with Crippen molar-refractivity contribution in [2.24, 2.45) is 5.41 Å². The molecule has 0 N–H and O–H groups in total. The molecule has 1 spiro atoms. The van der Waals surface area contributed by atoms with E-state index in [1.54, 1.807) is 16.4 Å². The third-order valence-electron chi connectivity index (χ3n) is 4.55. The second kappa shape index (κ2) is 4.67. The highest BCUT2D eigenvalue weighted by Crippen LogP contribution is 2.44. The first-order valence-electron chi connectivity index (χ1n) is 7.00. The maximum atomic E-state index is 12.5. The minimum Gasteiger partial charge on any atom is -0.300 e. The molecular formula is C15H19NO3S. The molecule has 0 atom stereocenters. The number of hydrogen-bond donors (Lipinski definition) is 0. The third kappa shape index (κ3) is 2.29. The Bertz CT molecular complexity index is 616. The molecule has 0 amide bonds. The van der Waals surface area contributed by atoms with Gasteiger partial charge in [0.05, 0.1) is 4.90 Å². The van der Waals surface area contributed by atoms with Crippen molar-refractivity contribution < 1.29 is 13.2 Å². The van der Waals surface area contributed by atoms with Crippen LogP contribution in [0.4, 0.5) is 0 Å². The number of carbonyl (C=O) groups is 1. The van der Waals surface area contributed by atoms with Crippen LogP contribution in [0, 0.1) is 12.3 Å². The van der Waals surface area contributed by atoms with E-state index in [4.69, 9.17) is 0 Å². The van der Waals surface area contributed by atoms with Gasteiger partial charge < -0.3 is 0 Å². The van der Waals surface area contributed by atoms with Gasteiger partial charge in [-0.15, -0.1) is 0 Å². The summed E-state index contributed by atoms with van der Waals surface area (Å²) < 4.78 is 26.5. The van der Waals surface area contributed by atoms with Crippen molar-refractivity contribution in [2.45, 2.75) is 37.5 Å². The smallest absolute Gasteiger partial charge is 0.243 e. The summed E-state index contributed by atoms with van der Waals surface area (Å²) in [6, 6.07) is 6.98.